The first kappa shape index (κ1) is 12.6. The van der Waals surface area contributed by atoms with E-state index in [9.17, 15) is 0 Å². The highest BCUT2D eigenvalue weighted by Gasteiger charge is 2.11. The second kappa shape index (κ2) is 5.18. The lowest BCUT2D eigenvalue weighted by atomic mass is 10.3. The summed E-state index contributed by atoms with van der Waals surface area (Å²) in [6.07, 6.45) is 3.40. The summed E-state index contributed by atoms with van der Waals surface area (Å²) in [5, 5.41) is 17.3. The van der Waals surface area contributed by atoms with Crippen LogP contribution in [-0.4, -0.2) is 19.6 Å². The largest absolute Gasteiger partial charge is 0.258 e. The molecule has 17 heavy (non-hydrogen) atoms. The van der Waals surface area contributed by atoms with Gasteiger partial charge in [-0.1, -0.05) is 0 Å². The zero-order chi connectivity index (χ0) is 12.4. The summed E-state index contributed by atoms with van der Waals surface area (Å²) < 4.78 is 5.48. The third kappa shape index (κ3) is 2.37. The van der Waals surface area contributed by atoms with E-state index in [0.29, 0.717) is 12.1 Å². The van der Waals surface area contributed by atoms with Crippen molar-refractivity contribution < 1.29 is 0 Å². The molecule has 0 saturated carbocycles. The summed E-state index contributed by atoms with van der Waals surface area (Å²) >= 11 is 5.64. The normalized spacial score (nSPS) is 10.5. The van der Waals surface area contributed by atoms with Gasteiger partial charge in [0.25, 0.3) is 0 Å². The SMILES string of the molecule is CCn1ncc(Cn2ncc(C#N)c2I)c1Br. The predicted octanol–water partition coefficient (Wildman–Crippen LogP) is 2.39. The van der Waals surface area contributed by atoms with Gasteiger partial charge in [0.1, 0.15) is 19.9 Å². The van der Waals surface area contributed by atoms with Gasteiger partial charge in [0.05, 0.1) is 18.9 Å². The summed E-state index contributed by atoms with van der Waals surface area (Å²) in [7, 11) is 0. The quantitative estimate of drug-likeness (QED) is 0.736. The Morgan fingerprint density at radius 3 is 2.65 bits per heavy atom. The Balaban J connectivity index is 2.29. The van der Waals surface area contributed by atoms with Crippen molar-refractivity contribution in [2.45, 2.75) is 20.0 Å². The van der Waals surface area contributed by atoms with Crippen molar-refractivity contribution in [3.8, 4) is 6.07 Å². The second-order valence-corrected chi connectivity index (χ2v) is 5.17. The van der Waals surface area contributed by atoms with E-state index < -0.39 is 0 Å². The predicted molar refractivity (Wildman–Crippen MR) is 74.4 cm³/mol. The summed E-state index contributed by atoms with van der Waals surface area (Å²) in [5.74, 6) is 0. The average molecular weight is 406 g/mol. The fourth-order valence-electron chi connectivity index (χ4n) is 1.45. The molecular weight excluding hydrogens is 397 g/mol. The molecule has 0 spiro atoms. The van der Waals surface area contributed by atoms with E-state index in [0.717, 1.165) is 20.4 Å². The summed E-state index contributed by atoms with van der Waals surface area (Å²) in [5.41, 5.74) is 1.65. The van der Waals surface area contributed by atoms with Gasteiger partial charge in [0.2, 0.25) is 0 Å². The van der Waals surface area contributed by atoms with Gasteiger partial charge in [-0.2, -0.15) is 15.5 Å². The molecule has 2 aromatic heterocycles. The molecule has 7 heteroatoms. The van der Waals surface area contributed by atoms with E-state index in [2.05, 4.69) is 54.8 Å². The Kier molecular flexibility index (Phi) is 3.83. The summed E-state index contributed by atoms with van der Waals surface area (Å²) in [6.45, 7) is 3.47. The van der Waals surface area contributed by atoms with Crippen LogP contribution in [0.1, 0.15) is 18.1 Å². The number of hydrogen-bond acceptors (Lipinski definition) is 3. The smallest absolute Gasteiger partial charge is 0.117 e. The first-order chi connectivity index (χ1) is 8.17. The third-order valence-corrected chi connectivity index (χ3v) is 4.42. The standard InChI is InChI=1S/C10H9BrIN5/c1-2-16-9(11)8(5-14-16)6-17-10(12)7(3-13)4-15-17/h4-5H,2,6H2,1H3. The minimum Gasteiger partial charge on any atom is -0.258 e. The molecule has 0 atom stereocenters. The van der Waals surface area contributed by atoms with Crippen molar-refractivity contribution in [2.24, 2.45) is 0 Å². The van der Waals surface area contributed by atoms with Crippen LogP contribution in [0.4, 0.5) is 0 Å². The number of hydrogen-bond donors (Lipinski definition) is 0. The molecule has 0 radical (unpaired) electrons. The molecule has 0 aliphatic rings. The Labute approximate surface area is 121 Å². The molecule has 0 aliphatic heterocycles. The lowest BCUT2D eigenvalue weighted by Crippen LogP contribution is -2.04. The van der Waals surface area contributed by atoms with Gasteiger partial charge in [0, 0.05) is 12.1 Å². The molecule has 0 saturated heterocycles. The van der Waals surface area contributed by atoms with Gasteiger partial charge in [0.15, 0.2) is 0 Å². The van der Waals surface area contributed by atoms with Crippen LogP contribution in [0.5, 0.6) is 0 Å². The van der Waals surface area contributed by atoms with Crippen molar-refractivity contribution in [3.05, 3.63) is 31.8 Å². The first-order valence-electron chi connectivity index (χ1n) is 4.99. The van der Waals surface area contributed by atoms with E-state index in [1.807, 2.05) is 17.8 Å². The van der Waals surface area contributed by atoms with Crippen molar-refractivity contribution >= 4 is 38.5 Å². The van der Waals surface area contributed by atoms with E-state index in [4.69, 9.17) is 5.26 Å². The Morgan fingerprint density at radius 1 is 1.41 bits per heavy atom. The van der Waals surface area contributed by atoms with Gasteiger partial charge >= 0.3 is 0 Å². The molecule has 0 fully saturated rings. The van der Waals surface area contributed by atoms with E-state index in [-0.39, 0.29) is 0 Å². The second-order valence-electron chi connectivity index (χ2n) is 3.39. The Bertz CT molecular complexity index is 580. The molecular formula is C10H9BrIN5. The van der Waals surface area contributed by atoms with E-state index >= 15 is 0 Å². The number of nitrogens with zero attached hydrogens (tertiary/aromatic N) is 5. The van der Waals surface area contributed by atoms with Gasteiger partial charge in [-0.05, 0) is 45.4 Å². The van der Waals surface area contributed by atoms with Gasteiger partial charge < -0.3 is 0 Å². The maximum atomic E-state index is 8.86. The Hall–Kier alpha value is -0.880. The number of aromatic nitrogens is 4. The zero-order valence-electron chi connectivity index (χ0n) is 9.06. The number of aryl methyl sites for hydroxylation is 1. The van der Waals surface area contributed by atoms with Crippen LogP contribution < -0.4 is 0 Å². The van der Waals surface area contributed by atoms with E-state index in [1.165, 1.54) is 0 Å². The zero-order valence-corrected chi connectivity index (χ0v) is 12.8. The highest BCUT2D eigenvalue weighted by atomic mass is 127. The summed E-state index contributed by atoms with van der Waals surface area (Å²) in [6, 6.07) is 2.11. The maximum absolute atomic E-state index is 8.86. The van der Waals surface area contributed by atoms with Crippen LogP contribution in [0.2, 0.25) is 0 Å². The average Bonchev–Trinajstić information content (AvgIpc) is 2.85. The van der Waals surface area contributed by atoms with Crippen LogP contribution in [0, 0.1) is 15.0 Å². The molecule has 0 bridgehead atoms. The van der Waals surface area contributed by atoms with E-state index in [1.54, 1.807) is 10.9 Å². The first-order valence-corrected chi connectivity index (χ1v) is 6.86. The molecule has 5 nitrogen and oxygen atoms in total. The molecule has 2 aromatic rings. The van der Waals surface area contributed by atoms with Crippen molar-refractivity contribution in [2.75, 3.05) is 0 Å². The number of rotatable bonds is 3. The maximum Gasteiger partial charge on any atom is 0.117 e. The Morgan fingerprint density at radius 2 is 2.12 bits per heavy atom. The van der Waals surface area contributed by atoms with Crippen LogP contribution >= 0.6 is 38.5 Å². The molecule has 0 aliphatic carbocycles. The molecule has 0 unspecified atom stereocenters. The van der Waals surface area contributed by atoms with Gasteiger partial charge in [-0.25, -0.2) is 0 Å². The minimum absolute atomic E-state index is 0.601. The molecule has 88 valence electrons. The lowest BCUT2D eigenvalue weighted by molar-refractivity contribution is 0.636. The van der Waals surface area contributed by atoms with Gasteiger partial charge in [-0.15, -0.1) is 0 Å². The van der Waals surface area contributed by atoms with Crippen molar-refractivity contribution in [3.63, 3.8) is 0 Å². The molecule has 2 heterocycles. The van der Waals surface area contributed by atoms with Gasteiger partial charge in [-0.3, -0.25) is 9.36 Å². The van der Waals surface area contributed by atoms with Crippen molar-refractivity contribution in [1.29, 1.82) is 5.26 Å². The summed E-state index contributed by atoms with van der Waals surface area (Å²) in [4.78, 5) is 0. The minimum atomic E-state index is 0.601. The molecule has 0 N–H and O–H groups in total. The molecule has 2 rings (SSSR count). The van der Waals surface area contributed by atoms with Crippen LogP contribution in [-0.2, 0) is 13.1 Å². The fourth-order valence-corrected chi connectivity index (χ4v) is 2.58. The molecule has 0 aromatic carbocycles. The lowest BCUT2D eigenvalue weighted by Gasteiger charge is -2.03. The number of nitriles is 1. The van der Waals surface area contributed by atoms with Crippen LogP contribution in [0.25, 0.3) is 0 Å². The third-order valence-electron chi connectivity index (χ3n) is 2.36. The monoisotopic (exact) mass is 405 g/mol. The fraction of sp³-hybridized carbons (Fsp3) is 0.300. The number of halogens is 2. The highest BCUT2D eigenvalue weighted by Crippen LogP contribution is 2.19. The van der Waals surface area contributed by atoms with Crippen LogP contribution in [0.3, 0.4) is 0 Å². The molecule has 0 amide bonds. The van der Waals surface area contributed by atoms with Crippen molar-refractivity contribution in [1.82, 2.24) is 19.6 Å². The highest BCUT2D eigenvalue weighted by molar-refractivity contribution is 14.1. The topological polar surface area (TPSA) is 59.4 Å². The van der Waals surface area contributed by atoms with Crippen LogP contribution in [0.15, 0.2) is 17.0 Å².